The second kappa shape index (κ2) is 4.87. The van der Waals surface area contributed by atoms with Crippen LogP contribution in [0.4, 0.5) is 0 Å². The highest BCUT2D eigenvalue weighted by Gasteiger charge is 2.37. The largest absolute Gasteiger partial charge is 0.353 e. The Morgan fingerprint density at radius 1 is 0.895 bits per heavy atom. The van der Waals surface area contributed by atoms with Crippen molar-refractivity contribution in [2.24, 2.45) is 0 Å². The summed E-state index contributed by atoms with van der Waals surface area (Å²) in [6.07, 6.45) is 0.139. The minimum atomic E-state index is 0.0695. The van der Waals surface area contributed by atoms with E-state index in [2.05, 4.69) is 35.0 Å². The molecule has 3 aromatic heterocycles. The highest BCUT2D eigenvalue weighted by molar-refractivity contribution is 7.76. The van der Waals surface area contributed by atoms with Gasteiger partial charge < -0.3 is 4.74 Å². The number of rotatable bonds is 2. The van der Waals surface area contributed by atoms with Gasteiger partial charge in [0.2, 0.25) is 0 Å². The molecule has 3 aromatic rings. The highest BCUT2D eigenvalue weighted by Crippen LogP contribution is 2.52. The zero-order chi connectivity index (χ0) is 12.8. The van der Waals surface area contributed by atoms with Crippen molar-refractivity contribution >= 4 is 57.6 Å². The fraction of sp³-hybridized carbons (Fsp3) is 0.154. The van der Waals surface area contributed by atoms with E-state index in [1.54, 1.807) is 45.3 Å². The molecule has 0 saturated heterocycles. The molecule has 19 heavy (non-hydrogen) atoms. The molecular weight excluding hydrogens is 332 g/mol. The lowest BCUT2D eigenvalue weighted by atomic mass is 10.2. The number of hydrogen-bond acceptors (Lipinski definition) is 6. The Morgan fingerprint density at radius 2 is 1.42 bits per heavy atom. The fourth-order valence-corrected chi connectivity index (χ4v) is 6.73. The molecule has 1 nitrogen and oxygen atoms in total. The summed E-state index contributed by atoms with van der Waals surface area (Å²) in [5.74, 6) is 0. The molecule has 0 spiro atoms. The van der Waals surface area contributed by atoms with Crippen molar-refractivity contribution in [3.63, 3.8) is 0 Å². The molecule has 1 aliphatic heterocycles. The first-order valence-corrected chi connectivity index (χ1v) is 9.49. The molecule has 6 heteroatoms. The van der Waals surface area contributed by atoms with Gasteiger partial charge in [-0.15, -0.1) is 45.3 Å². The summed E-state index contributed by atoms with van der Waals surface area (Å²) in [5.41, 5.74) is 0. The summed E-state index contributed by atoms with van der Waals surface area (Å²) in [4.78, 5) is 5.14. The quantitative estimate of drug-likeness (QED) is 0.539. The highest BCUT2D eigenvalue weighted by atomic mass is 32.2. The third kappa shape index (κ3) is 2.07. The van der Waals surface area contributed by atoms with Crippen LogP contribution in [0.1, 0.15) is 31.7 Å². The summed E-state index contributed by atoms with van der Waals surface area (Å²) in [7, 11) is 0. The van der Waals surface area contributed by atoms with E-state index in [-0.39, 0.29) is 12.2 Å². The van der Waals surface area contributed by atoms with E-state index in [1.165, 1.54) is 19.5 Å². The summed E-state index contributed by atoms with van der Waals surface area (Å²) in [5, 5.41) is 4.20. The molecule has 96 valence electrons. The van der Waals surface area contributed by atoms with Crippen LogP contribution in [0.3, 0.4) is 0 Å². The first-order chi connectivity index (χ1) is 9.33. The van der Waals surface area contributed by atoms with Crippen LogP contribution < -0.4 is 0 Å². The SMILES string of the molecule is S=c1sc2c(s1)C(c1cccs1)OC2c1cccs1. The molecule has 1 aliphatic rings. The molecule has 0 fully saturated rings. The van der Waals surface area contributed by atoms with Gasteiger partial charge in [0.25, 0.3) is 0 Å². The maximum atomic E-state index is 6.31. The number of thiophene rings is 2. The van der Waals surface area contributed by atoms with Crippen LogP contribution in [0.5, 0.6) is 0 Å². The lowest BCUT2D eigenvalue weighted by molar-refractivity contribution is 0.0643. The Kier molecular flexibility index (Phi) is 3.17. The van der Waals surface area contributed by atoms with Gasteiger partial charge in [-0.2, -0.15) is 0 Å². The molecule has 4 heterocycles. The lowest BCUT2D eigenvalue weighted by Crippen LogP contribution is -1.98. The monoisotopic (exact) mass is 340 g/mol. The summed E-state index contributed by atoms with van der Waals surface area (Å²) < 4.78 is 7.31. The summed E-state index contributed by atoms with van der Waals surface area (Å²) >= 11 is 12.3. The van der Waals surface area contributed by atoms with E-state index in [0.29, 0.717) is 0 Å². The van der Waals surface area contributed by atoms with Crippen LogP contribution in [0.25, 0.3) is 0 Å². The average Bonchev–Trinajstić information content (AvgIpc) is 3.12. The molecule has 2 unspecified atom stereocenters. The molecule has 0 bridgehead atoms. The van der Waals surface area contributed by atoms with Gasteiger partial charge in [-0.05, 0) is 22.9 Å². The van der Waals surface area contributed by atoms with Crippen LogP contribution >= 0.6 is 57.6 Å². The zero-order valence-electron chi connectivity index (χ0n) is 9.57. The van der Waals surface area contributed by atoms with Crippen molar-refractivity contribution < 1.29 is 4.74 Å². The van der Waals surface area contributed by atoms with Crippen LogP contribution in [0.15, 0.2) is 35.0 Å². The van der Waals surface area contributed by atoms with E-state index >= 15 is 0 Å². The lowest BCUT2D eigenvalue weighted by Gasteiger charge is -2.11. The van der Waals surface area contributed by atoms with Crippen molar-refractivity contribution in [1.82, 2.24) is 0 Å². The van der Waals surface area contributed by atoms with Gasteiger partial charge >= 0.3 is 0 Å². The smallest absolute Gasteiger partial charge is 0.144 e. The zero-order valence-corrected chi connectivity index (χ0v) is 13.7. The van der Waals surface area contributed by atoms with Gasteiger partial charge in [-0.1, -0.05) is 24.4 Å². The predicted octanol–water partition coefficient (Wildman–Crippen LogP) is 5.87. The van der Waals surface area contributed by atoms with E-state index in [4.69, 9.17) is 17.0 Å². The minimum Gasteiger partial charge on any atom is -0.353 e. The first-order valence-electron chi connectivity index (χ1n) is 5.69. The molecular formula is C13H8OS5. The van der Waals surface area contributed by atoms with Gasteiger partial charge in [-0.25, -0.2) is 0 Å². The molecule has 2 atom stereocenters. The van der Waals surface area contributed by atoms with Gasteiger partial charge in [0.15, 0.2) is 0 Å². The first kappa shape index (κ1) is 12.4. The molecule has 0 amide bonds. The van der Waals surface area contributed by atoms with Gasteiger partial charge in [0.1, 0.15) is 15.3 Å². The standard InChI is InChI=1S/C13H8OS5/c15-13-18-11-9(7-3-1-5-16-7)14-10(12(11)19-13)8-4-2-6-17-8/h1-6,9-10H. The molecule has 0 saturated carbocycles. The Bertz CT molecular complexity index is 674. The average molecular weight is 341 g/mol. The van der Waals surface area contributed by atoms with Crippen molar-refractivity contribution in [1.29, 1.82) is 0 Å². The number of fused-ring (bicyclic) bond motifs is 1. The van der Waals surface area contributed by atoms with Crippen molar-refractivity contribution in [2.75, 3.05) is 0 Å². The van der Waals surface area contributed by atoms with Crippen LogP contribution in [-0.2, 0) is 4.74 Å². The van der Waals surface area contributed by atoms with E-state index in [1.807, 2.05) is 0 Å². The van der Waals surface area contributed by atoms with Crippen LogP contribution in [-0.4, -0.2) is 0 Å². The van der Waals surface area contributed by atoms with E-state index in [0.717, 1.165) is 3.14 Å². The number of hydrogen-bond donors (Lipinski definition) is 0. The Morgan fingerprint density at radius 3 is 1.84 bits per heavy atom. The molecule has 0 radical (unpaired) electrons. The van der Waals surface area contributed by atoms with E-state index in [9.17, 15) is 0 Å². The fourth-order valence-electron chi connectivity index (χ4n) is 2.20. The van der Waals surface area contributed by atoms with Gasteiger partial charge in [-0.3, -0.25) is 0 Å². The maximum absolute atomic E-state index is 6.31. The van der Waals surface area contributed by atoms with Crippen molar-refractivity contribution in [3.05, 3.63) is 57.7 Å². The van der Waals surface area contributed by atoms with Crippen LogP contribution in [0, 0.1) is 3.14 Å². The molecule has 0 aromatic carbocycles. The Balaban J connectivity index is 1.84. The Hall–Kier alpha value is -0.370. The second-order valence-electron chi connectivity index (χ2n) is 4.11. The molecule has 0 N–H and O–H groups in total. The Labute approximate surface area is 131 Å². The van der Waals surface area contributed by atoms with Crippen molar-refractivity contribution in [3.8, 4) is 0 Å². The predicted molar refractivity (Wildman–Crippen MR) is 86.4 cm³/mol. The summed E-state index contributed by atoms with van der Waals surface area (Å²) in [6, 6.07) is 8.44. The molecule has 0 aliphatic carbocycles. The van der Waals surface area contributed by atoms with Gasteiger partial charge in [0.05, 0.1) is 9.75 Å². The van der Waals surface area contributed by atoms with Gasteiger partial charge in [0, 0.05) is 9.75 Å². The summed E-state index contributed by atoms with van der Waals surface area (Å²) in [6.45, 7) is 0. The third-order valence-electron chi connectivity index (χ3n) is 2.98. The second-order valence-corrected chi connectivity index (χ2v) is 9.36. The maximum Gasteiger partial charge on any atom is 0.144 e. The topological polar surface area (TPSA) is 9.23 Å². The van der Waals surface area contributed by atoms with E-state index < -0.39 is 0 Å². The minimum absolute atomic E-state index is 0.0695. The van der Waals surface area contributed by atoms with Crippen molar-refractivity contribution in [2.45, 2.75) is 12.2 Å². The molecule has 4 rings (SSSR count). The normalized spacial score (nSPS) is 21.7. The number of ether oxygens (including phenoxy) is 1. The van der Waals surface area contributed by atoms with Crippen LogP contribution in [0.2, 0.25) is 0 Å². The third-order valence-corrected chi connectivity index (χ3v) is 7.58.